The van der Waals surface area contributed by atoms with Crippen LogP contribution in [0.15, 0.2) is 58.9 Å². The molecule has 1 aliphatic heterocycles. The van der Waals surface area contributed by atoms with Gasteiger partial charge in [0.1, 0.15) is 5.82 Å². The summed E-state index contributed by atoms with van der Waals surface area (Å²) in [4.78, 5) is 30.4. The fourth-order valence-electron chi connectivity index (χ4n) is 3.91. The fourth-order valence-corrected chi connectivity index (χ4v) is 6.41. The second kappa shape index (κ2) is 10.9. The van der Waals surface area contributed by atoms with Crippen LogP contribution >= 0.6 is 11.3 Å². The van der Waals surface area contributed by atoms with Crippen molar-refractivity contribution in [2.45, 2.75) is 18.4 Å². The van der Waals surface area contributed by atoms with Crippen LogP contribution in [0, 0.1) is 11.6 Å². The Morgan fingerprint density at radius 1 is 1.14 bits per heavy atom. The summed E-state index contributed by atoms with van der Waals surface area (Å²) in [6.07, 6.45) is 1.03. The zero-order chi connectivity index (χ0) is 26.7. The van der Waals surface area contributed by atoms with Gasteiger partial charge in [0.25, 0.3) is 5.91 Å². The van der Waals surface area contributed by atoms with Gasteiger partial charge in [-0.1, -0.05) is 17.4 Å². The first-order chi connectivity index (χ1) is 17.6. The van der Waals surface area contributed by atoms with Crippen LogP contribution in [0.5, 0.6) is 0 Å². The fraction of sp³-hybridized carbons (Fsp3) is 0.292. The molecule has 4 rings (SSSR count). The van der Waals surface area contributed by atoms with Crippen molar-refractivity contribution < 1.29 is 31.5 Å². The summed E-state index contributed by atoms with van der Waals surface area (Å²) in [5.41, 5.74) is 0.239. The number of piperazine rings is 1. The first-order valence-corrected chi connectivity index (χ1v) is 13.6. The van der Waals surface area contributed by atoms with Gasteiger partial charge in [-0.25, -0.2) is 22.0 Å². The maximum Gasteiger partial charge on any atom is 0.409 e. The van der Waals surface area contributed by atoms with Gasteiger partial charge in [0.05, 0.1) is 21.7 Å². The lowest BCUT2D eigenvalue weighted by Gasteiger charge is -2.33. The average Bonchev–Trinajstić information content (AvgIpc) is 3.21. The molecule has 9 nitrogen and oxygen atoms in total. The van der Waals surface area contributed by atoms with Crippen molar-refractivity contribution in [3.8, 4) is 0 Å². The molecular formula is C24H24F2N4O5S2. The first kappa shape index (κ1) is 26.6. The largest absolute Gasteiger partial charge is 0.450 e. The topological polar surface area (TPSA) is 101 Å². The highest BCUT2D eigenvalue weighted by Crippen LogP contribution is 2.23. The number of ether oxygens (including phenoxy) is 1. The molecular weight excluding hydrogens is 526 g/mol. The number of benzene rings is 2. The van der Waals surface area contributed by atoms with E-state index in [1.807, 2.05) is 0 Å². The van der Waals surface area contributed by atoms with Gasteiger partial charge in [-0.05, 0) is 37.3 Å². The van der Waals surface area contributed by atoms with E-state index in [0.717, 1.165) is 17.4 Å². The van der Waals surface area contributed by atoms with Crippen LogP contribution in [0.1, 0.15) is 17.3 Å². The number of thiazole rings is 1. The van der Waals surface area contributed by atoms with E-state index in [0.29, 0.717) is 0 Å². The number of carbonyl (C=O) groups excluding carboxylic acids is 2. The second-order valence-electron chi connectivity index (χ2n) is 8.05. The highest BCUT2D eigenvalue weighted by atomic mass is 32.2. The van der Waals surface area contributed by atoms with E-state index in [1.165, 1.54) is 50.2 Å². The molecule has 0 radical (unpaired) electrons. The Morgan fingerprint density at radius 2 is 1.81 bits per heavy atom. The molecule has 1 aromatic heterocycles. The van der Waals surface area contributed by atoms with E-state index in [4.69, 9.17) is 4.74 Å². The maximum atomic E-state index is 14.4. The molecule has 0 N–H and O–H groups in total. The summed E-state index contributed by atoms with van der Waals surface area (Å²) < 4.78 is 62.1. The van der Waals surface area contributed by atoms with Crippen molar-refractivity contribution in [2.24, 2.45) is 4.99 Å². The van der Waals surface area contributed by atoms with Gasteiger partial charge in [0.15, 0.2) is 10.6 Å². The summed E-state index contributed by atoms with van der Waals surface area (Å²) in [6, 6.07) is 7.24. The molecule has 0 bridgehead atoms. The third-order valence-corrected chi connectivity index (χ3v) is 8.65. The molecule has 3 aromatic rings. The molecule has 1 aliphatic rings. The number of rotatable bonds is 6. The number of nitrogens with zero attached hydrogens (tertiary/aromatic N) is 4. The van der Waals surface area contributed by atoms with Crippen LogP contribution < -0.4 is 4.80 Å². The Bertz CT molecular complexity index is 1520. The van der Waals surface area contributed by atoms with Gasteiger partial charge in [0, 0.05) is 44.4 Å². The molecule has 0 atom stereocenters. The quantitative estimate of drug-likeness (QED) is 0.438. The van der Waals surface area contributed by atoms with Crippen LogP contribution in [-0.4, -0.2) is 67.0 Å². The highest BCUT2D eigenvalue weighted by Gasteiger charge is 2.30. The van der Waals surface area contributed by atoms with Crippen molar-refractivity contribution in [1.82, 2.24) is 13.8 Å². The van der Waals surface area contributed by atoms with Gasteiger partial charge >= 0.3 is 6.09 Å². The van der Waals surface area contributed by atoms with Crippen LogP contribution in [0.25, 0.3) is 10.2 Å². The van der Waals surface area contributed by atoms with Crippen LogP contribution in [0.3, 0.4) is 0 Å². The van der Waals surface area contributed by atoms with Crippen molar-refractivity contribution in [1.29, 1.82) is 0 Å². The number of hydrogen-bond donors (Lipinski definition) is 0. The van der Waals surface area contributed by atoms with E-state index in [9.17, 15) is 26.8 Å². The Hall–Kier alpha value is -3.42. The minimum Gasteiger partial charge on any atom is -0.450 e. The number of fused-ring (bicyclic) bond motifs is 1. The minimum atomic E-state index is -3.84. The molecule has 37 heavy (non-hydrogen) atoms. The van der Waals surface area contributed by atoms with Gasteiger partial charge in [-0.3, -0.25) is 4.79 Å². The SMILES string of the molecule is C=CCn1c(=NC(=O)c2ccc(S(=O)(=O)N3CCN(C(=O)OCC)CC3)cc2)sc2cc(F)cc(F)c21. The van der Waals surface area contributed by atoms with Gasteiger partial charge in [-0.2, -0.15) is 9.30 Å². The zero-order valence-electron chi connectivity index (χ0n) is 19.9. The van der Waals surface area contributed by atoms with Crippen molar-refractivity contribution in [3.05, 3.63) is 71.1 Å². The molecule has 196 valence electrons. The summed E-state index contributed by atoms with van der Waals surface area (Å²) >= 11 is 0.955. The Labute approximate surface area is 216 Å². The number of amides is 2. The zero-order valence-corrected chi connectivity index (χ0v) is 21.5. The molecule has 13 heteroatoms. The Balaban J connectivity index is 1.55. The number of aromatic nitrogens is 1. The van der Waals surface area contributed by atoms with Crippen LogP contribution in [0.4, 0.5) is 13.6 Å². The predicted molar refractivity (Wildman–Crippen MR) is 134 cm³/mol. The van der Waals surface area contributed by atoms with E-state index in [1.54, 1.807) is 6.92 Å². The molecule has 1 fully saturated rings. The second-order valence-corrected chi connectivity index (χ2v) is 11.0. The highest BCUT2D eigenvalue weighted by molar-refractivity contribution is 7.89. The molecule has 2 heterocycles. The molecule has 2 aromatic carbocycles. The minimum absolute atomic E-state index is 0.00485. The summed E-state index contributed by atoms with van der Waals surface area (Å²) in [5, 5.41) is 0. The van der Waals surface area contributed by atoms with E-state index in [-0.39, 0.29) is 64.8 Å². The number of carbonyl (C=O) groups is 2. The van der Waals surface area contributed by atoms with Crippen molar-refractivity contribution in [2.75, 3.05) is 32.8 Å². The van der Waals surface area contributed by atoms with Crippen LogP contribution in [-0.2, 0) is 21.3 Å². The van der Waals surface area contributed by atoms with Crippen molar-refractivity contribution in [3.63, 3.8) is 0 Å². The molecule has 0 aliphatic carbocycles. The smallest absolute Gasteiger partial charge is 0.409 e. The van der Waals surface area contributed by atoms with E-state index < -0.39 is 33.7 Å². The summed E-state index contributed by atoms with van der Waals surface area (Å²) in [6.45, 7) is 6.36. The lowest BCUT2D eigenvalue weighted by molar-refractivity contribution is 0.0933. The monoisotopic (exact) mass is 550 g/mol. The first-order valence-electron chi connectivity index (χ1n) is 11.4. The van der Waals surface area contributed by atoms with Gasteiger partial charge in [0.2, 0.25) is 10.0 Å². The standard InChI is InChI=1S/C24H24F2N4O5S2/c1-3-9-30-21-19(26)14-17(25)15-20(21)36-23(30)27-22(31)16-5-7-18(8-6-16)37(33,34)29-12-10-28(11-13-29)24(32)35-4-2/h3,5-8,14-15H,1,4,9-13H2,2H3. The number of hydrogen-bond acceptors (Lipinski definition) is 6. The molecule has 0 saturated carbocycles. The Morgan fingerprint density at radius 3 is 2.43 bits per heavy atom. The predicted octanol–water partition coefficient (Wildman–Crippen LogP) is 3.37. The number of halogens is 2. The van der Waals surface area contributed by atoms with Gasteiger partial charge in [-0.15, -0.1) is 6.58 Å². The lowest BCUT2D eigenvalue weighted by atomic mass is 10.2. The average molecular weight is 551 g/mol. The van der Waals surface area contributed by atoms with Crippen molar-refractivity contribution >= 4 is 43.6 Å². The van der Waals surface area contributed by atoms with Crippen LogP contribution in [0.2, 0.25) is 0 Å². The molecule has 2 amide bonds. The summed E-state index contributed by atoms with van der Waals surface area (Å²) in [5.74, 6) is -2.19. The lowest BCUT2D eigenvalue weighted by Crippen LogP contribution is -2.50. The van der Waals surface area contributed by atoms with E-state index >= 15 is 0 Å². The molecule has 1 saturated heterocycles. The molecule has 0 spiro atoms. The van der Waals surface area contributed by atoms with Gasteiger partial charge < -0.3 is 14.2 Å². The molecule has 0 unspecified atom stereocenters. The third kappa shape index (κ3) is 5.48. The number of sulfonamides is 1. The maximum absolute atomic E-state index is 14.4. The number of allylic oxidation sites excluding steroid dienone is 1. The normalized spacial score (nSPS) is 15.2. The van der Waals surface area contributed by atoms with E-state index in [2.05, 4.69) is 11.6 Å². The Kier molecular flexibility index (Phi) is 7.85. The summed E-state index contributed by atoms with van der Waals surface area (Å²) in [7, 11) is -3.84. The third-order valence-electron chi connectivity index (χ3n) is 5.71.